The molecule has 1 unspecified atom stereocenters. The van der Waals surface area contributed by atoms with E-state index in [-0.39, 0.29) is 17.4 Å². The summed E-state index contributed by atoms with van der Waals surface area (Å²) in [6.45, 7) is 1.71. The van der Waals surface area contributed by atoms with Gasteiger partial charge in [0.1, 0.15) is 5.75 Å². The Labute approximate surface area is 90.5 Å². The van der Waals surface area contributed by atoms with Crippen molar-refractivity contribution in [2.75, 3.05) is 31.6 Å². The van der Waals surface area contributed by atoms with Gasteiger partial charge in [0.2, 0.25) is 5.91 Å². The van der Waals surface area contributed by atoms with Crippen LogP contribution in [0.15, 0.2) is 0 Å². The van der Waals surface area contributed by atoms with Crippen LogP contribution in [0.2, 0.25) is 0 Å². The number of hydrogen-bond donors (Lipinski definition) is 2. The lowest BCUT2D eigenvalue weighted by molar-refractivity contribution is -0.118. The number of carbonyl (C=O) groups is 1. The molecule has 88 valence electrons. The fraction of sp³-hybridized carbons (Fsp3) is 0.889. The molecule has 1 saturated heterocycles. The molecule has 0 aliphatic carbocycles. The van der Waals surface area contributed by atoms with Crippen LogP contribution >= 0.6 is 0 Å². The highest BCUT2D eigenvalue weighted by Gasteiger charge is 2.23. The summed E-state index contributed by atoms with van der Waals surface area (Å²) in [5.41, 5.74) is 0. The maximum Gasteiger partial charge on any atom is 0.234 e. The highest BCUT2D eigenvalue weighted by molar-refractivity contribution is 7.92. The van der Waals surface area contributed by atoms with Crippen molar-refractivity contribution in [1.82, 2.24) is 10.6 Å². The molecular formula is C9H18N2O3S. The molecule has 6 heteroatoms. The van der Waals surface area contributed by atoms with E-state index in [1.54, 1.807) is 0 Å². The third-order valence-electron chi connectivity index (χ3n) is 2.52. The van der Waals surface area contributed by atoms with Gasteiger partial charge in [-0.25, -0.2) is 8.42 Å². The summed E-state index contributed by atoms with van der Waals surface area (Å²) in [6, 6.07) is 0. The molecule has 0 radical (unpaired) electrons. The van der Waals surface area contributed by atoms with Crippen molar-refractivity contribution in [1.29, 1.82) is 0 Å². The molecule has 1 atom stereocenters. The van der Waals surface area contributed by atoms with Gasteiger partial charge in [-0.2, -0.15) is 0 Å². The minimum Gasteiger partial charge on any atom is -0.358 e. The van der Waals surface area contributed by atoms with Gasteiger partial charge in [-0.15, -0.1) is 0 Å². The molecule has 1 fully saturated rings. The molecule has 0 saturated carbocycles. The van der Waals surface area contributed by atoms with E-state index in [2.05, 4.69) is 10.6 Å². The van der Waals surface area contributed by atoms with E-state index in [1.807, 2.05) is 0 Å². The molecule has 0 aromatic rings. The van der Waals surface area contributed by atoms with E-state index in [0.29, 0.717) is 0 Å². The van der Waals surface area contributed by atoms with E-state index in [1.165, 1.54) is 7.05 Å². The Hall–Kier alpha value is -0.620. The van der Waals surface area contributed by atoms with Gasteiger partial charge in [0.15, 0.2) is 9.84 Å². The van der Waals surface area contributed by atoms with Crippen LogP contribution in [-0.4, -0.2) is 46.0 Å². The van der Waals surface area contributed by atoms with Crippen molar-refractivity contribution in [3.63, 3.8) is 0 Å². The fourth-order valence-corrected chi connectivity index (χ4v) is 3.42. The maximum absolute atomic E-state index is 11.6. The van der Waals surface area contributed by atoms with Crippen LogP contribution in [0.5, 0.6) is 0 Å². The quantitative estimate of drug-likeness (QED) is 0.664. The van der Waals surface area contributed by atoms with Gasteiger partial charge in [-0.1, -0.05) is 0 Å². The zero-order valence-electron chi connectivity index (χ0n) is 8.95. The lowest BCUT2D eigenvalue weighted by atomic mass is 10.0. The van der Waals surface area contributed by atoms with Crippen molar-refractivity contribution in [2.45, 2.75) is 12.8 Å². The minimum atomic E-state index is -3.24. The van der Waals surface area contributed by atoms with Crippen LogP contribution in [0, 0.1) is 5.92 Å². The van der Waals surface area contributed by atoms with Gasteiger partial charge in [0.25, 0.3) is 0 Å². The summed E-state index contributed by atoms with van der Waals surface area (Å²) in [6.07, 6.45) is 1.94. The Morgan fingerprint density at radius 1 is 1.53 bits per heavy atom. The molecule has 1 amide bonds. The van der Waals surface area contributed by atoms with Crippen LogP contribution in [0.3, 0.4) is 0 Å². The number of carbonyl (C=O) groups excluding carboxylic acids is 1. The molecule has 0 aromatic carbocycles. The first-order valence-electron chi connectivity index (χ1n) is 5.15. The monoisotopic (exact) mass is 234 g/mol. The SMILES string of the molecule is CNC(=O)CS(=O)(=O)CC1CCCNC1. The summed E-state index contributed by atoms with van der Waals surface area (Å²) in [4.78, 5) is 11.0. The lowest BCUT2D eigenvalue weighted by Gasteiger charge is -2.22. The average molecular weight is 234 g/mol. The van der Waals surface area contributed by atoms with Gasteiger partial charge >= 0.3 is 0 Å². The molecule has 1 heterocycles. The number of nitrogens with one attached hydrogen (secondary N) is 2. The highest BCUT2D eigenvalue weighted by atomic mass is 32.2. The van der Waals surface area contributed by atoms with Crippen molar-refractivity contribution in [3.05, 3.63) is 0 Å². The van der Waals surface area contributed by atoms with Gasteiger partial charge in [-0.3, -0.25) is 4.79 Å². The number of hydrogen-bond acceptors (Lipinski definition) is 4. The summed E-state index contributed by atoms with van der Waals surface area (Å²) in [5.74, 6) is -0.542. The van der Waals surface area contributed by atoms with Gasteiger partial charge in [0.05, 0.1) is 5.75 Å². The summed E-state index contributed by atoms with van der Waals surface area (Å²) < 4.78 is 23.2. The summed E-state index contributed by atoms with van der Waals surface area (Å²) >= 11 is 0. The van der Waals surface area contributed by atoms with Crippen molar-refractivity contribution < 1.29 is 13.2 Å². The number of piperidine rings is 1. The first-order chi connectivity index (χ1) is 7.03. The van der Waals surface area contributed by atoms with Crippen LogP contribution < -0.4 is 10.6 Å². The Morgan fingerprint density at radius 3 is 2.80 bits per heavy atom. The molecule has 0 aromatic heterocycles. The molecule has 2 N–H and O–H groups in total. The highest BCUT2D eigenvalue weighted by Crippen LogP contribution is 2.12. The predicted molar refractivity (Wildman–Crippen MR) is 58.3 cm³/mol. The van der Waals surface area contributed by atoms with Crippen LogP contribution in [0.1, 0.15) is 12.8 Å². The predicted octanol–water partition coefficient (Wildman–Crippen LogP) is -0.853. The number of amides is 1. The second-order valence-electron chi connectivity index (χ2n) is 3.94. The summed E-state index contributed by atoms with van der Waals surface area (Å²) in [5, 5.41) is 5.48. The van der Waals surface area contributed by atoms with Crippen molar-refractivity contribution >= 4 is 15.7 Å². The Morgan fingerprint density at radius 2 is 2.27 bits per heavy atom. The molecule has 0 bridgehead atoms. The molecule has 1 aliphatic rings. The molecule has 1 rings (SSSR count). The zero-order valence-corrected chi connectivity index (χ0v) is 9.77. The maximum atomic E-state index is 11.6. The van der Waals surface area contributed by atoms with E-state index in [0.717, 1.165) is 25.9 Å². The largest absolute Gasteiger partial charge is 0.358 e. The third kappa shape index (κ3) is 4.61. The lowest BCUT2D eigenvalue weighted by Crippen LogP contribution is -2.36. The number of sulfone groups is 1. The van der Waals surface area contributed by atoms with Crippen molar-refractivity contribution in [2.24, 2.45) is 5.92 Å². The first kappa shape index (κ1) is 12.4. The Kier molecular flexibility index (Phi) is 4.53. The molecule has 5 nitrogen and oxygen atoms in total. The fourth-order valence-electron chi connectivity index (χ4n) is 1.76. The van der Waals surface area contributed by atoms with Crippen LogP contribution in [0.25, 0.3) is 0 Å². The minimum absolute atomic E-state index is 0.118. The Balaban J connectivity index is 2.44. The summed E-state index contributed by atoms with van der Waals surface area (Å²) in [7, 11) is -1.80. The van der Waals surface area contributed by atoms with Gasteiger partial charge in [0, 0.05) is 7.05 Å². The standard InChI is InChI=1S/C9H18N2O3S/c1-10-9(12)7-15(13,14)6-8-3-2-4-11-5-8/h8,11H,2-7H2,1H3,(H,10,12). The number of rotatable bonds is 4. The smallest absolute Gasteiger partial charge is 0.234 e. The molecule has 0 spiro atoms. The van der Waals surface area contributed by atoms with E-state index < -0.39 is 15.7 Å². The average Bonchev–Trinajstić information content (AvgIpc) is 2.17. The molecular weight excluding hydrogens is 216 g/mol. The third-order valence-corrected chi connectivity index (χ3v) is 4.20. The normalized spacial score (nSPS) is 22.3. The topological polar surface area (TPSA) is 75.3 Å². The molecule has 15 heavy (non-hydrogen) atoms. The first-order valence-corrected chi connectivity index (χ1v) is 6.97. The van der Waals surface area contributed by atoms with E-state index in [9.17, 15) is 13.2 Å². The van der Waals surface area contributed by atoms with E-state index >= 15 is 0 Å². The second kappa shape index (κ2) is 5.46. The van der Waals surface area contributed by atoms with Crippen molar-refractivity contribution in [3.8, 4) is 0 Å². The van der Waals surface area contributed by atoms with Crippen LogP contribution in [0.4, 0.5) is 0 Å². The second-order valence-corrected chi connectivity index (χ2v) is 6.05. The van der Waals surface area contributed by atoms with Crippen LogP contribution in [-0.2, 0) is 14.6 Å². The van der Waals surface area contributed by atoms with E-state index in [4.69, 9.17) is 0 Å². The Bertz CT molecular complexity index is 307. The molecule has 1 aliphatic heterocycles. The zero-order chi connectivity index (χ0) is 11.3. The van der Waals surface area contributed by atoms with Gasteiger partial charge < -0.3 is 10.6 Å². The van der Waals surface area contributed by atoms with Gasteiger partial charge in [-0.05, 0) is 31.8 Å².